The number of carbonyl (C=O) groups excluding carboxylic acids is 1. The lowest BCUT2D eigenvalue weighted by Gasteiger charge is -2.35. The lowest BCUT2D eigenvalue weighted by atomic mass is 10.2. The van der Waals surface area contributed by atoms with Crippen LogP contribution in [0, 0.1) is 0 Å². The quantitative estimate of drug-likeness (QED) is 0.449. The Balaban J connectivity index is 1.29. The largest absolute Gasteiger partial charge is 0.497 e. The predicted molar refractivity (Wildman–Crippen MR) is 133 cm³/mol. The molecular formula is C25H23N7O4. The number of H-pyrrole nitrogens is 1. The Kier molecular flexibility index (Phi) is 6.27. The fourth-order valence-electron chi connectivity index (χ4n) is 4.06. The van der Waals surface area contributed by atoms with Gasteiger partial charge in [-0.05, 0) is 48.5 Å². The SMILES string of the molecule is COc1ccc(-n2c(=O)[nH]cc(C(=O)N3CCN(c4ccc(-c5cccnc5)nn4)CC3)c2=O)cc1. The minimum Gasteiger partial charge on any atom is -0.497 e. The number of pyridine rings is 1. The molecular weight excluding hydrogens is 462 g/mol. The van der Waals surface area contributed by atoms with E-state index >= 15 is 0 Å². The maximum absolute atomic E-state index is 13.2. The number of ether oxygens (including phenoxy) is 1. The zero-order valence-corrected chi connectivity index (χ0v) is 19.5. The minimum absolute atomic E-state index is 0.0977. The number of benzene rings is 1. The summed E-state index contributed by atoms with van der Waals surface area (Å²) >= 11 is 0. The summed E-state index contributed by atoms with van der Waals surface area (Å²) in [5, 5.41) is 8.63. The molecule has 3 aromatic heterocycles. The van der Waals surface area contributed by atoms with Crippen molar-refractivity contribution in [3.8, 4) is 22.7 Å². The smallest absolute Gasteiger partial charge is 0.333 e. The van der Waals surface area contributed by atoms with Gasteiger partial charge in [-0.25, -0.2) is 9.36 Å². The molecule has 36 heavy (non-hydrogen) atoms. The summed E-state index contributed by atoms with van der Waals surface area (Å²) in [5.41, 5.74) is 0.558. The van der Waals surface area contributed by atoms with Gasteiger partial charge in [0.1, 0.15) is 11.3 Å². The van der Waals surface area contributed by atoms with E-state index in [9.17, 15) is 14.4 Å². The van der Waals surface area contributed by atoms with Gasteiger partial charge in [0.25, 0.3) is 11.5 Å². The van der Waals surface area contributed by atoms with Crippen LogP contribution < -0.4 is 20.9 Å². The number of amides is 1. The molecule has 11 heteroatoms. The van der Waals surface area contributed by atoms with Crippen LogP contribution >= 0.6 is 0 Å². The summed E-state index contributed by atoms with van der Waals surface area (Å²) in [6.45, 7) is 1.85. The maximum atomic E-state index is 13.2. The number of aromatic nitrogens is 5. The molecule has 11 nitrogen and oxygen atoms in total. The fourth-order valence-corrected chi connectivity index (χ4v) is 4.06. The van der Waals surface area contributed by atoms with Crippen molar-refractivity contribution in [1.82, 2.24) is 29.6 Å². The summed E-state index contributed by atoms with van der Waals surface area (Å²) in [6.07, 6.45) is 4.61. The molecule has 0 atom stereocenters. The second-order valence-electron chi connectivity index (χ2n) is 8.14. The van der Waals surface area contributed by atoms with E-state index in [1.54, 1.807) is 41.6 Å². The molecule has 0 saturated carbocycles. The highest BCUT2D eigenvalue weighted by Gasteiger charge is 2.26. The van der Waals surface area contributed by atoms with Crippen LogP contribution in [-0.2, 0) is 0 Å². The molecule has 1 N–H and O–H groups in total. The number of anilines is 1. The van der Waals surface area contributed by atoms with Crippen LogP contribution in [0.1, 0.15) is 10.4 Å². The lowest BCUT2D eigenvalue weighted by molar-refractivity contribution is 0.0743. The average Bonchev–Trinajstić information content (AvgIpc) is 2.94. The second kappa shape index (κ2) is 9.82. The molecule has 182 valence electrons. The van der Waals surface area contributed by atoms with Gasteiger partial charge in [0, 0.05) is 50.3 Å². The average molecular weight is 486 g/mol. The first-order chi connectivity index (χ1) is 17.5. The normalized spacial score (nSPS) is 13.5. The predicted octanol–water partition coefficient (Wildman–Crippen LogP) is 1.35. The highest BCUT2D eigenvalue weighted by Crippen LogP contribution is 2.19. The Labute approximate surface area is 205 Å². The van der Waals surface area contributed by atoms with Gasteiger partial charge in [-0.2, -0.15) is 0 Å². The highest BCUT2D eigenvalue weighted by atomic mass is 16.5. The molecule has 1 aliphatic heterocycles. The van der Waals surface area contributed by atoms with E-state index in [2.05, 4.69) is 20.2 Å². The van der Waals surface area contributed by atoms with Crippen molar-refractivity contribution in [3.63, 3.8) is 0 Å². The van der Waals surface area contributed by atoms with Crippen LogP contribution in [0.15, 0.2) is 76.7 Å². The zero-order chi connectivity index (χ0) is 25.1. The van der Waals surface area contributed by atoms with Crippen molar-refractivity contribution in [3.05, 3.63) is 93.5 Å². The van der Waals surface area contributed by atoms with Gasteiger partial charge in [-0.1, -0.05) is 0 Å². The molecule has 0 unspecified atom stereocenters. The standard InChI is InChI=1S/C25H23N7O4/c1-36-19-6-4-18(5-7-19)32-24(34)20(16-27-25(32)35)23(33)31-13-11-30(12-14-31)22-9-8-21(28-29-22)17-3-2-10-26-15-17/h2-10,15-16H,11-14H2,1H3,(H,27,35). The molecule has 5 rings (SSSR count). The summed E-state index contributed by atoms with van der Waals surface area (Å²) in [7, 11) is 1.52. The maximum Gasteiger partial charge on any atom is 0.333 e. The van der Waals surface area contributed by atoms with Crippen molar-refractivity contribution >= 4 is 11.7 Å². The highest BCUT2D eigenvalue weighted by molar-refractivity contribution is 5.93. The minimum atomic E-state index is -0.673. The van der Waals surface area contributed by atoms with Crippen molar-refractivity contribution in [2.24, 2.45) is 0 Å². The van der Waals surface area contributed by atoms with Gasteiger partial charge in [-0.3, -0.25) is 14.6 Å². The number of methoxy groups -OCH3 is 1. The number of hydrogen-bond donors (Lipinski definition) is 1. The number of aromatic amines is 1. The molecule has 0 radical (unpaired) electrons. The number of carbonyl (C=O) groups is 1. The van der Waals surface area contributed by atoms with Gasteiger partial charge in [-0.15, -0.1) is 10.2 Å². The summed E-state index contributed by atoms with van der Waals surface area (Å²) in [6, 6.07) is 14.0. The Bertz CT molecular complexity index is 1470. The first kappa shape index (κ1) is 23.0. The molecule has 1 aromatic carbocycles. The zero-order valence-electron chi connectivity index (χ0n) is 19.5. The molecule has 1 fully saturated rings. The van der Waals surface area contributed by atoms with Crippen molar-refractivity contribution < 1.29 is 9.53 Å². The second-order valence-corrected chi connectivity index (χ2v) is 8.14. The molecule has 4 aromatic rings. The van der Waals surface area contributed by atoms with E-state index in [0.29, 0.717) is 43.4 Å². The van der Waals surface area contributed by atoms with Gasteiger partial charge < -0.3 is 19.5 Å². The van der Waals surface area contributed by atoms with Crippen molar-refractivity contribution in [1.29, 1.82) is 0 Å². The van der Waals surface area contributed by atoms with Crippen LogP contribution in [-0.4, -0.2) is 68.8 Å². The van der Waals surface area contributed by atoms with E-state index in [4.69, 9.17) is 4.74 Å². The van der Waals surface area contributed by atoms with Crippen LogP contribution in [0.4, 0.5) is 5.82 Å². The van der Waals surface area contributed by atoms with Crippen LogP contribution in [0.2, 0.25) is 0 Å². The third kappa shape index (κ3) is 4.45. The number of piperazine rings is 1. The van der Waals surface area contributed by atoms with Crippen LogP contribution in [0.5, 0.6) is 5.75 Å². The van der Waals surface area contributed by atoms with E-state index in [-0.39, 0.29) is 5.56 Å². The molecule has 1 aliphatic rings. The van der Waals surface area contributed by atoms with E-state index in [1.807, 2.05) is 29.2 Å². The molecule has 0 bridgehead atoms. The van der Waals surface area contributed by atoms with Crippen molar-refractivity contribution in [2.75, 3.05) is 38.2 Å². The Morgan fingerprint density at radius 2 is 1.75 bits per heavy atom. The lowest BCUT2D eigenvalue weighted by Crippen LogP contribution is -2.50. The summed E-state index contributed by atoms with van der Waals surface area (Å²) < 4.78 is 6.07. The summed E-state index contributed by atoms with van der Waals surface area (Å²) in [4.78, 5) is 48.9. The topological polar surface area (TPSA) is 126 Å². The van der Waals surface area contributed by atoms with E-state index < -0.39 is 17.2 Å². The fraction of sp³-hybridized carbons (Fsp3) is 0.200. The van der Waals surface area contributed by atoms with Gasteiger partial charge in [0.2, 0.25) is 0 Å². The van der Waals surface area contributed by atoms with Gasteiger partial charge in [0.15, 0.2) is 5.82 Å². The number of hydrogen-bond acceptors (Lipinski definition) is 8. The van der Waals surface area contributed by atoms with E-state index in [1.165, 1.54) is 13.3 Å². The van der Waals surface area contributed by atoms with Crippen LogP contribution in [0.3, 0.4) is 0 Å². The summed E-state index contributed by atoms with van der Waals surface area (Å²) in [5.74, 6) is 0.863. The Hall–Kier alpha value is -4.80. The van der Waals surface area contributed by atoms with Gasteiger partial charge >= 0.3 is 5.69 Å². The number of nitrogens with one attached hydrogen (secondary N) is 1. The molecule has 4 heterocycles. The van der Waals surface area contributed by atoms with Crippen molar-refractivity contribution in [2.45, 2.75) is 0 Å². The van der Waals surface area contributed by atoms with E-state index in [0.717, 1.165) is 15.8 Å². The first-order valence-corrected chi connectivity index (χ1v) is 11.3. The first-order valence-electron chi connectivity index (χ1n) is 11.3. The van der Waals surface area contributed by atoms with Gasteiger partial charge in [0.05, 0.1) is 18.5 Å². The molecule has 1 amide bonds. The third-order valence-electron chi connectivity index (χ3n) is 6.04. The molecule has 0 aliphatic carbocycles. The Morgan fingerprint density at radius 1 is 0.972 bits per heavy atom. The Morgan fingerprint density at radius 3 is 2.39 bits per heavy atom. The molecule has 1 saturated heterocycles. The molecule has 0 spiro atoms. The van der Waals surface area contributed by atoms with Crippen LogP contribution in [0.25, 0.3) is 16.9 Å². The monoisotopic (exact) mass is 485 g/mol. The third-order valence-corrected chi connectivity index (χ3v) is 6.04. The number of rotatable bonds is 5. The number of nitrogens with zero attached hydrogens (tertiary/aromatic N) is 6.